The number of amides is 3. The average Bonchev–Trinajstić information content (AvgIpc) is 2.46. The van der Waals surface area contributed by atoms with Crippen molar-refractivity contribution < 1.29 is 29.4 Å². The second-order valence-electron chi connectivity index (χ2n) is 4.38. The summed E-state index contributed by atoms with van der Waals surface area (Å²) in [6.07, 6.45) is -1.51. The molecular formula is C13H12N2O6. The van der Waals surface area contributed by atoms with Crippen LogP contribution in [0.25, 0.3) is 0 Å². The molecule has 0 aliphatic carbocycles. The summed E-state index contributed by atoms with van der Waals surface area (Å²) in [4.78, 5) is 47.7. The zero-order valence-corrected chi connectivity index (χ0v) is 10.8. The number of imide groups is 1. The molecule has 1 unspecified atom stereocenters. The largest absolute Gasteiger partial charge is 0.479 e. The maximum absolute atomic E-state index is 12.2. The maximum atomic E-state index is 12.2. The molecule has 3 amide bonds. The predicted molar refractivity (Wildman–Crippen MR) is 68.6 cm³/mol. The van der Waals surface area contributed by atoms with Gasteiger partial charge < -0.3 is 10.2 Å². The number of carboxylic acid groups (broad SMARTS) is 2. The van der Waals surface area contributed by atoms with E-state index in [-0.39, 0.29) is 18.7 Å². The number of nitrogens with zero attached hydrogens (tertiary/aromatic N) is 2. The zero-order valence-electron chi connectivity index (χ0n) is 10.8. The van der Waals surface area contributed by atoms with Gasteiger partial charge >= 0.3 is 12.1 Å². The summed E-state index contributed by atoms with van der Waals surface area (Å²) in [6.45, 7) is -0.417. The molecule has 0 bridgehead atoms. The molecule has 0 radical (unpaired) electrons. The van der Waals surface area contributed by atoms with Crippen LogP contribution in [0.3, 0.4) is 0 Å². The third-order valence-corrected chi connectivity index (χ3v) is 3.12. The van der Waals surface area contributed by atoms with Crippen LogP contribution in [0.4, 0.5) is 4.79 Å². The molecule has 2 N–H and O–H groups in total. The molecule has 0 saturated carbocycles. The lowest BCUT2D eigenvalue weighted by atomic mass is 10.1. The Morgan fingerprint density at radius 3 is 2.19 bits per heavy atom. The first kappa shape index (κ1) is 14.5. The predicted octanol–water partition coefficient (Wildman–Crippen LogP) is 0.102. The van der Waals surface area contributed by atoms with Gasteiger partial charge in [-0.25, -0.2) is 9.59 Å². The molecule has 1 heterocycles. The minimum atomic E-state index is -1.90. The lowest BCUT2D eigenvalue weighted by molar-refractivity contribution is -0.153. The Morgan fingerprint density at radius 2 is 1.67 bits per heavy atom. The van der Waals surface area contributed by atoms with Crippen LogP contribution in [0.15, 0.2) is 30.3 Å². The number of carboxylic acids is 1. The van der Waals surface area contributed by atoms with Gasteiger partial charge in [0, 0.05) is 18.7 Å². The van der Waals surface area contributed by atoms with Gasteiger partial charge in [0.1, 0.15) is 0 Å². The van der Waals surface area contributed by atoms with Crippen LogP contribution in [0.2, 0.25) is 0 Å². The molecule has 21 heavy (non-hydrogen) atoms. The van der Waals surface area contributed by atoms with Gasteiger partial charge in [0.05, 0.1) is 0 Å². The number of carbonyl (C=O) groups is 4. The highest BCUT2D eigenvalue weighted by Crippen LogP contribution is 2.15. The molecule has 1 saturated heterocycles. The first-order valence-corrected chi connectivity index (χ1v) is 6.06. The van der Waals surface area contributed by atoms with Gasteiger partial charge in [-0.15, -0.1) is 0 Å². The fourth-order valence-corrected chi connectivity index (χ4v) is 2.11. The fraction of sp³-hybridized carbons (Fsp3) is 0.231. The number of hydrogen-bond acceptors (Lipinski definition) is 4. The highest BCUT2D eigenvalue weighted by atomic mass is 16.4. The van der Waals surface area contributed by atoms with E-state index in [0.29, 0.717) is 4.90 Å². The summed E-state index contributed by atoms with van der Waals surface area (Å²) in [7, 11) is 0. The van der Waals surface area contributed by atoms with Crippen LogP contribution in [0.1, 0.15) is 10.4 Å². The van der Waals surface area contributed by atoms with Crippen LogP contribution in [-0.4, -0.2) is 63.0 Å². The summed E-state index contributed by atoms with van der Waals surface area (Å²) in [6, 6.07) is 6.01. The van der Waals surface area contributed by atoms with Crippen molar-refractivity contribution in [3.05, 3.63) is 35.9 Å². The van der Waals surface area contributed by atoms with Crippen LogP contribution in [0, 0.1) is 0 Å². The topological polar surface area (TPSA) is 115 Å². The van der Waals surface area contributed by atoms with Crippen LogP contribution in [-0.2, 0) is 9.59 Å². The van der Waals surface area contributed by atoms with Crippen LogP contribution >= 0.6 is 0 Å². The van der Waals surface area contributed by atoms with Gasteiger partial charge in [0.15, 0.2) is 0 Å². The number of rotatable bonds is 2. The smallest absolute Gasteiger partial charge is 0.408 e. The molecule has 1 atom stereocenters. The standard InChI is InChI=1S/C13H12N2O6/c16-10(8-4-2-1-3-5-8)15-7-6-14(13(20)21)9(11(15)17)12(18)19/h1-5,9H,6-7H2,(H,18,19)(H,20,21). The molecule has 1 aliphatic rings. The van der Waals surface area contributed by atoms with E-state index in [0.717, 1.165) is 4.90 Å². The molecule has 1 aliphatic heterocycles. The van der Waals surface area contributed by atoms with E-state index in [1.807, 2.05) is 0 Å². The van der Waals surface area contributed by atoms with Gasteiger partial charge in [-0.1, -0.05) is 18.2 Å². The molecule has 8 heteroatoms. The normalized spacial score (nSPS) is 18.5. The van der Waals surface area contributed by atoms with Gasteiger partial charge in [-0.05, 0) is 12.1 Å². The van der Waals surface area contributed by atoms with Crippen molar-refractivity contribution in [2.45, 2.75) is 6.04 Å². The van der Waals surface area contributed by atoms with E-state index in [1.54, 1.807) is 18.2 Å². The summed E-state index contributed by atoms with van der Waals surface area (Å²) < 4.78 is 0. The SMILES string of the molecule is O=C(O)C1C(=O)N(C(=O)c2ccccc2)CCN1C(=O)O. The maximum Gasteiger partial charge on any atom is 0.408 e. The molecule has 8 nitrogen and oxygen atoms in total. The fourth-order valence-electron chi connectivity index (χ4n) is 2.11. The second kappa shape index (κ2) is 5.61. The molecule has 110 valence electrons. The van der Waals surface area contributed by atoms with Crippen LogP contribution < -0.4 is 0 Å². The Hall–Kier alpha value is -2.90. The van der Waals surface area contributed by atoms with Crippen molar-refractivity contribution >= 4 is 23.9 Å². The number of hydrogen-bond donors (Lipinski definition) is 2. The van der Waals surface area contributed by atoms with Crippen LogP contribution in [0.5, 0.6) is 0 Å². The molecule has 0 aromatic heterocycles. The molecule has 0 spiro atoms. The third-order valence-electron chi connectivity index (χ3n) is 3.12. The summed E-state index contributed by atoms with van der Waals surface area (Å²) >= 11 is 0. The first-order valence-electron chi connectivity index (χ1n) is 6.06. The van der Waals surface area contributed by atoms with E-state index in [9.17, 15) is 19.2 Å². The Bertz CT molecular complexity index is 600. The van der Waals surface area contributed by atoms with Crippen molar-refractivity contribution in [1.82, 2.24) is 9.80 Å². The average molecular weight is 292 g/mol. The lowest BCUT2D eigenvalue weighted by Crippen LogP contribution is -2.62. The summed E-state index contributed by atoms with van der Waals surface area (Å²) in [5, 5.41) is 18.0. The van der Waals surface area contributed by atoms with E-state index in [4.69, 9.17) is 10.2 Å². The van der Waals surface area contributed by atoms with Gasteiger partial charge in [-0.2, -0.15) is 0 Å². The zero-order chi connectivity index (χ0) is 15.6. The van der Waals surface area contributed by atoms with E-state index >= 15 is 0 Å². The monoisotopic (exact) mass is 292 g/mol. The summed E-state index contributed by atoms with van der Waals surface area (Å²) in [5.74, 6) is -3.30. The quantitative estimate of drug-likeness (QED) is 0.590. The number of benzene rings is 1. The second-order valence-corrected chi connectivity index (χ2v) is 4.38. The highest BCUT2D eigenvalue weighted by Gasteiger charge is 2.44. The van der Waals surface area contributed by atoms with Crippen molar-refractivity contribution in [1.29, 1.82) is 0 Å². The van der Waals surface area contributed by atoms with E-state index in [1.165, 1.54) is 12.1 Å². The van der Waals surface area contributed by atoms with Gasteiger partial charge in [-0.3, -0.25) is 19.4 Å². The molecule has 1 aromatic carbocycles. The Kier molecular flexibility index (Phi) is 3.88. The minimum absolute atomic E-state index is 0.178. The molecule has 2 rings (SSSR count). The summed E-state index contributed by atoms with van der Waals surface area (Å²) in [5.41, 5.74) is 0.235. The number of aliphatic carboxylic acids is 1. The third kappa shape index (κ3) is 2.69. The number of piperazine rings is 1. The van der Waals surface area contributed by atoms with E-state index in [2.05, 4.69) is 0 Å². The van der Waals surface area contributed by atoms with E-state index < -0.39 is 29.9 Å². The van der Waals surface area contributed by atoms with Gasteiger partial charge in [0.25, 0.3) is 11.8 Å². The Morgan fingerprint density at radius 1 is 1.05 bits per heavy atom. The Balaban J connectivity index is 2.28. The molecule has 1 fully saturated rings. The molecular weight excluding hydrogens is 280 g/mol. The highest BCUT2D eigenvalue weighted by molar-refractivity contribution is 6.13. The van der Waals surface area contributed by atoms with Crippen molar-refractivity contribution in [3.63, 3.8) is 0 Å². The number of carbonyl (C=O) groups excluding carboxylic acids is 2. The van der Waals surface area contributed by atoms with Gasteiger partial charge in [0.2, 0.25) is 6.04 Å². The lowest BCUT2D eigenvalue weighted by Gasteiger charge is -2.35. The molecule has 1 aromatic rings. The Labute approximate surface area is 119 Å². The van der Waals surface area contributed by atoms with Crippen molar-refractivity contribution in [3.8, 4) is 0 Å². The first-order chi connectivity index (χ1) is 9.93. The van der Waals surface area contributed by atoms with Crippen molar-refractivity contribution in [2.75, 3.05) is 13.1 Å². The minimum Gasteiger partial charge on any atom is -0.479 e. The van der Waals surface area contributed by atoms with Crippen molar-refractivity contribution in [2.24, 2.45) is 0 Å².